The first-order valence-electron chi connectivity index (χ1n) is 11.6. The molecular formula is C25H23F2N7O3. The highest BCUT2D eigenvalue weighted by atomic mass is 19.1. The molecule has 37 heavy (non-hydrogen) atoms. The number of anilines is 1. The average Bonchev–Trinajstić information content (AvgIpc) is 3.29. The Hall–Kier alpha value is -4.61. The van der Waals surface area contributed by atoms with Crippen LogP contribution in [0.5, 0.6) is 0 Å². The Morgan fingerprint density at radius 1 is 1.14 bits per heavy atom. The lowest BCUT2D eigenvalue weighted by Crippen LogP contribution is -2.40. The summed E-state index contributed by atoms with van der Waals surface area (Å²) in [6, 6.07) is 9.78. The van der Waals surface area contributed by atoms with Crippen LogP contribution in [0.2, 0.25) is 0 Å². The molecule has 10 nitrogen and oxygen atoms in total. The fourth-order valence-electron chi connectivity index (χ4n) is 4.51. The van der Waals surface area contributed by atoms with E-state index >= 15 is 0 Å². The number of rotatable bonds is 5. The van der Waals surface area contributed by atoms with Crippen molar-refractivity contribution in [3.8, 4) is 11.3 Å². The molecule has 12 heteroatoms. The van der Waals surface area contributed by atoms with E-state index in [1.165, 1.54) is 11.2 Å². The van der Waals surface area contributed by atoms with Gasteiger partial charge in [-0.3, -0.25) is 4.79 Å². The van der Waals surface area contributed by atoms with Crippen LogP contribution in [0.4, 0.5) is 19.4 Å². The van der Waals surface area contributed by atoms with Crippen LogP contribution in [-0.2, 0) is 6.54 Å². The van der Waals surface area contributed by atoms with Crippen molar-refractivity contribution >= 4 is 28.9 Å². The van der Waals surface area contributed by atoms with Crippen LogP contribution >= 0.6 is 0 Å². The lowest BCUT2D eigenvalue weighted by atomic mass is 10.1. The minimum Gasteiger partial charge on any atom is -0.465 e. The van der Waals surface area contributed by atoms with Crippen molar-refractivity contribution in [1.29, 1.82) is 0 Å². The van der Waals surface area contributed by atoms with Gasteiger partial charge in [0.15, 0.2) is 5.65 Å². The second-order valence-corrected chi connectivity index (χ2v) is 8.78. The predicted molar refractivity (Wildman–Crippen MR) is 131 cm³/mol. The molecule has 190 valence electrons. The van der Waals surface area contributed by atoms with E-state index in [9.17, 15) is 23.5 Å². The minimum absolute atomic E-state index is 0.128. The molecule has 4 aromatic rings. The molecule has 1 saturated heterocycles. The van der Waals surface area contributed by atoms with E-state index in [2.05, 4.69) is 15.3 Å². The van der Waals surface area contributed by atoms with E-state index in [1.807, 2.05) is 12.1 Å². The third-order valence-electron chi connectivity index (χ3n) is 6.39. The standard InChI is InChI=1S/C25H23F2N7O3/c26-16-7-8-18(19(27)10-16)24(35)29-11-14-3-5-15(6-4-14)21-20-22(28)30-13-31-23(20)34(32-21)17-2-1-9-33(12-17)25(36)37/h3-8,10,13,17H,1-2,9,11-12H2,(H,29,35)(H,36,37)(H2,28,30,31)/t17-/m1/s1. The molecule has 2 aromatic carbocycles. The summed E-state index contributed by atoms with van der Waals surface area (Å²) in [5, 5.41) is 17.4. The van der Waals surface area contributed by atoms with E-state index in [-0.39, 0.29) is 24.0 Å². The van der Waals surface area contributed by atoms with Crippen LogP contribution in [-0.4, -0.2) is 54.8 Å². The van der Waals surface area contributed by atoms with E-state index < -0.39 is 23.6 Å². The number of hydrogen-bond donors (Lipinski definition) is 3. The van der Waals surface area contributed by atoms with Gasteiger partial charge in [0.25, 0.3) is 5.91 Å². The molecule has 0 aliphatic carbocycles. The van der Waals surface area contributed by atoms with Crippen LogP contribution in [0.3, 0.4) is 0 Å². The first-order chi connectivity index (χ1) is 17.8. The van der Waals surface area contributed by atoms with E-state index in [1.54, 1.807) is 16.8 Å². The molecule has 0 unspecified atom stereocenters. The van der Waals surface area contributed by atoms with Crippen LogP contribution in [0.15, 0.2) is 48.8 Å². The van der Waals surface area contributed by atoms with Gasteiger partial charge in [0.2, 0.25) is 0 Å². The predicted octanol–water partition coefficient (Wildman–Crippen LogP) is 3.60. The van der Waals surface area contributed by atoms with Crippen molar-refractivity contribution in [1.82, 2.24) is 30.0 Å². The maximum atomic E-state index is 13.9. The van der Waals surface area contributed by atoms with Gasteiger partial charge in [-0.25, -0.2) is 28.2 Å². The van der Waals surface area contributed by atoms with Crippen LogP contribution in [0, 0.1) is 11.6 Å². The summed E-state index contributed by atoms with van der Waals surface area (Å²) in [4.78, 5) is 33.7. The normalized spacial score (nSPS) is 15.6. The second kappa shape index (κ2) is 9.80. The van der Waals surface area contributed by atoms with Gasteiger partial charge in [-0.15, -0.1) is 0 Å². The zero-order valence-electron chi connectivity index (χ0n) is 19.6. The molecule has 0 saturated carbocycles. The van der Waals surface area contributed by atoms with Crippen LogP contribution in [0.1, 0.15) is 34.8 Å². The number of aromatic nitrogens is 4. The van der Waals surface area contributed by atoms with Crippen molar-refractivity contribution < 1.29 is 23.5 Å². The zero-order valence-corrected chi connectivity index (χ0v) is 19.6. The maximum absolute atomic E-state index is 13.9. The van der Waals surface area contributed by atoms with Crippen molar-refractivity contribution in [2.24, 2.45) is 0 Å². The van der Waals surface area contributed by atoms with E-state index in [4.69, 9.17) is 10.8 Å². The number of halogens is 2. The summed E-state index contributed by atoms with van der Waals surface area (Å²) in [6.07, 6.45) is 1.83. The third-order valence-corrected chi connectivity index (χ3v) is 6.39. The zero-order chi connectivity index (χ0) is 26.1. The van der Waals surface area contributed by atoms with Crippen molar-refractivity contribution in [2.75, 3.05) is 18.8 Å². The van der Waals surface area contributed by atoms with Gasteiger partial charge in [0, 0.05) is 31.3 Å². The molecule has 0 spiro atoms. The summed E-state index contributed by atoms with van der Waals surface area (Å²) in [5.41, 5.74) is 8.51. The van der Waals surface area contributed by atoms with Gasteiger partial charge in [-0.2, -0.15) is 5.10 Å². The molecule has 1 atom stereocenters. The molecule has 1 fully saturated rings. The number of nitrogens with two attached hydrogens (primary N) is 1. The molecule has 4 N–H and O–H groups in total. The first kappa shape index (κ1) is 24.1. The number of piperidine rings is 1. The van der Waals surface area contributed by atoms with Gasteiger partial charge in [0.05, 0.1) is 17.0 Å². The molecule has 2 amide bonds. The minimum atomic E-state index is -0.972. The Balaban J connectivity index is 1.39. The number of nitrogen functional groups attached to an aromatic ring is 1. The molecule has 3 heterocycles. The topological polar surface area (TPSA) is 139 Å². The number of nitrogens with one attached hydrogen (secondary N) is 1. The average molecular weight is 508 g/mol. The van der Waals surface area contributed by atoms with Crippen molar-refractivity contribution in [2.45, 2.75) is 25.4 Å². The van der Waals surface area contributed by atoms with Gasteiger partial charge in [0.1, 0.15) is 29.5 Å². The molecule has 0 radical (unpaired) electrons. The summed E-state index contributed by atoms with van der Waals surface area (Å²) >= 11 is 0. The summed E-state index contributed by atoms with van der Waals surface area (Å²) < 4.78 is 28.7. The number of amides is 2. The number of fused-ring (bicyclic) bond motifs is 1. The quantitative estimate of drug-likeness (QED) is 0.375. The molecular weight excluding hydrogens is 484 g/mol. The number of carboxylic acid groups (broad SMARTS) is 1. The molecule has 1 aliphatic rings. The maximum Gasteiger partial charge on any atom is 0.407 e. The Morgan fingerprint density at radius 3 is 2.65 bits per heavy atom. The molecule has 1 aliphatic heterocycles. The number of nitrogens with zero attached hydrogens (tertiary/aromatic N) is 5. The van der Waals surface area contributed by atoms with Gasteiger partial charge in [-0.05, 0) is 30.5 Å². The number of benzene rings is 2. The summed E-state index contributed by atoms with van der Waals surface area (Å²) in [5.74, 6) is -2.08. The van der Waals surface area contributed by atoms with Crippen molar-refractivity contribution in [3.63, 3.8) is 0 Å². The van der Waals surface area contributed by atoms with Gasteiger partial charge >= 0.3 is 6.09 Å². The number of carbonyl (C=O) groups is 2. The smallest absolute Gasteiger partial charge is 0.407 e. The molecule has 5 rings (SSSR count). The summed E-state index contributed by atoms with van der Waals surface area (Å²) in [7, 11) is 0. The lowest BCUT2D eigenvalue weighted by Gasteiger charge is -2.30. The Morgan fingerprint density at radius 2 is 1.92 bits per heavy atom. The largest absolute Gasteiger partial charge is 0.465 e. The van der Waals surface area contributed by atoms with Crippen LogP contribution < -0.4 is 11.1 Å². The highest BCUT2D eigenvalue weighted by Gasteiger charge is 2.28. The second-order valence-electron chi connectivity index (χ2n) is 8.78. The highest BCUT2D eigenvalue weighted by Crippen LogP contribution is 2.33. The summed E-state index contributed by atoms with van der Waals surface area (Å²) in [6.45, 7) is 0.896. The first-order valence-corrected chi connectivity index (χ1v) is 11.6. The highest BCUT2D eigenvalue weighted by molar-refractivity contribution is 5.98. The number of hydrogen-bond acceptors (Lipinski definition) is 6. The third kappa shape index (κ3) is 4.77. The Labute approximate surface area is 209 Å². The molecule has 2 aromatic heterocycles. The van der Waals surface area contributed by atoms with E-state index in [0.29, 0.717) is 42.3 Å². The van der Waals surface area contributed by atoms with Gasteiger partial charge in [-0.1, -0.05) is 24.3 Å². The Bertz CT molecular complexity index is 1490. The Kier molecular flexibility index (Phi) is 6.38. The lowest BCUT2D eigenvalue weighted by molar-refractivity contribution is 0.0946. The monoisotopic (exact) mass is 507 g/mol. The van der Waals surface area contributed by atoms with Crippen molar-refractivity contribution in [3.05, 3.63) is 71.6 Å². The van der Waals surface area contributed by atoms with E-state index in [0.717, 1.165) is 29.7 Å². The number of likely N-dealkylation sites (tertiary alicyclic amines) is 1. The SMILES string of the molecule is Nc1ncnc2c1c(-c1ccc(CNC(=O)c3ccc(F)cc3F)cc1)nn2[C@@H]1CCCN(C(=O)O)C1. The fourth-order valence-corrected chi connectivity index (χ4v) is 4.51. The fraction of sp³-hybridized carbons (Fsp3) is 0.240. The van der Waals surface area contributed by atoms with Crippen LogP contribution in [0.25, 0.3) is 22.3 Å². The van der Waals surface area contributed by atoms with Gasteiger partial charge < -0.3 is 21.1 Å². The number of carbonyl (C=O) groups excluding carboxylic acids is 1. The molecule has 0 bridgehead atoms.